The van der Waals surface area contributed by atoms with Crippen LogP contribution in [0.3, 0.4) is 0 Å². The number of carbonyl (C=O) groups is 6. The summed E-state index contributed by atoms with van der Waals surface area (Å²) >= 11 is 56.4. The van der Waals surface area contributed by atoms with Gasteiger partial charge in [-0.05, 0) is 167 Å². The molecule has 0 fully saturated rings. The van der Waals surface area contributed by atoms with E-state index in [2.05, 4.69) is 73.8 Å². The third-order valence-electron chi connectivity index (χ3n) is 22.4. The quantitative estimate of drug-likeness (QED) is 0.0167. The van der Waals surface area contributed by atoms with Gasteiger partial charge in [0.2, 0.25) is 0 Å². The van der Waals surface area contributed by atoms with Crippen LogP contribution in [0.2, 0.25) is 45.2 Å². The van der Waals surface area contributed by atoms with Crippen LogP contribution in [0.25, 0.3) is 86.7 Å². The highest BCUT2D eigenvalue weighted by Crippen LogP contribution is 2.48. The summed E-state index contributed by atoms with van der Waals surface area (Å²) in [6.07, 6.45) is 13.3. The third kappa shape index (κ3) is 24.1. The smallest absolute Gasteiger partial charge is 0.373 e. The highest BCUT2D eigenvalue weighted by Gasteiger charge is 2.33. The first-order chi connectivity index (χ1) is 66.6. The first-order valence-electron chi connectivity index (χ1n) is 43.7. The Labute approximate surface area is 838 Å². The van der Waals surface area contributed by atoms with E-state index in [4.69, 9.17) is 173 Å². The maximum Gasteiger partial charge on any atom is 0.373 e. The second-order valence-corrected chi connectivity index (χ2v) is 35.1. The van der Waals surface area contributed by atoms with E-state index in [0.717, 1.165) is 53.9 Å². The van der Waals surface area contributed by atoms with Crippen molar-refractivity contribution in [3.8, 4) is 17.2 Å². The van der Waals surface area contributed by atoms with Crippen LogP contribution >= 0.6 is 104 Å². The van der Waals surface area contributed by atoms with Crippen molar-refractivity contribution in [2.24, 2.45) is 5.73 Å². The van der Waals surface area contributed by atoms with Crippen molar-refractivity contribution in [3.05, 3.63) is 342 Å². The minimum atomic E-state index is -0.849. The Morgan fingerprint density at radius 1 is 0.370 bits per heavy atom. The van der Waals surface area contributed by atoms with Gasteiger partial charge >= 0.3 is 42.1 Å². The number of aromatic nitrogens is 4. The maximum atomic E-state index is 15.0. The first-order valence-corrected chi connectivity index (χ1v) is 47.1. The van der Waals surface area contributed by atoms with E-state index in [9.17, 15) is 24.0 Å². The van der Waals surface area contributed by atoms with Crippen molar-refractivity contribution in [1.29, 1.82) is 0 Å². The molecule has 0 aliphatic rings. The molecule has 0 atom stereocenters. The van der Waals surface area contributed by atoms with Gasteiger partial charge in [-0.15, -0.1) is 0 Å². The fourth-order valence-corrected chi connectivity index (χ4v) is 18.7. The molecule has 0 aliphatic heterocycles. The number of rotatable bonds is 26. The molecule has 3 N–H and O–H groups in total. The maximum absolute atomic E-state index is 15.0. The van der Waals surface area contributed by atoms with Crippen LogP contribution in [0.5, 0.6) is 17.2 Å². The predicted molar refractivity (Wildman–Crippen MR) is 544 cm³/mol. The first kappa shape index (κ1) is 104. The zero-order chi connectivity index (χ0) is 99.1. The lowest BCUT2D eigenvalue weighted by Gasteiger charge is -2.25. The van der Waals surface area contributed by atoms with Gasteiger partial charge in [0.05, 0.1) is 93.2 Å². The molecule has 13 aromatic carbocycles. The zero-order valence-corrected chi connectivity index (χ0v) is 82.3. The van der Waals surface area contributed by atoms with Gasteiger partial charge in [-0.1, -0.05) is 283 Å². The molecule has 0 unspecified atom stereocenters. The molecule has 22 nitrogen and oxygen atoms in total. The molecule has 4 aromatic heterocycles. The van der Waals surface area contributed by atoms with Gasteiger partial charge in [-0.25, -0.2) is 24.0 Å². The molecule has 0 aliphatic carbocycles. The average Bonchev–Trinajstić information content (AvgIpc) is 0.704. The Kier molecular flexibility index (Phi) is 36.9. The number of esters is 5. The molecule has 138 heavy (non-hydrogen) atoms. The molecule has 704 valence electrons. The second kappa shape index (κ2) is 49.0. The number of pyridine rings is 4. The van der Waals surface area contributed by atoms with Crippen molar-refractivity contribution in [2.45, 2.75) is 107 Å². The van der Waals surface area contributed by atoms with E-state index in [1.807, 2.05) is 86.3 Å². The highest BCUT2D eigenvalue weighted by atomic mass is 35.5. The standard InChI is InChI=1S/C47H36Cl3N3O5.C37H20Cl6N2O6.C16H19N.C5H13N.2CO2/c1-4-29-23-51-42-32-15-17-33(45(54)53(20-19-27-9-7-6-8-10-27)25-28-13-11-26(3)12-14-28)39-35(46(55)57-5-2)24-52-43(41(32)39)31-16-18-34(38(29)40(31)42)47(56)58-44-36(49)21-30(48)22-37(44)50;1-3-15-13-44-31-19-6-8-21(37(48)51-34-25(42)11-17(39)12-26(34)43)28-22(35(46)49-4-2)14-45-32(30(19)28)18-5-7-20(27(15)29(18)31)36(47)50-33-23(40)9-16(38)10-24(33)41;1-14-7-9-16(10-8-14)13-17-12-11-15-5-3-2-4-6-15;1-2-3-4-5-6;2*2-1-3/h6-18,21-24H,4-5,19-20,25H2,1-3H3;5-14H,3-4H2,1-2H3;2-10,17H,11-13H2,1H3;2-6H2,1H3;;. The number of aryl methyl sites for hydroxylation is 4. The summed E-state index contributed by atoms with van der Waals surface area (Å²) in [6.45, 7) is 17.5. The highest BCUT2D eigenvalue weighted by molar-refractivity contribution is 6.44. The van der Waals surface area contributed by atoms with Gasteiger partial charge in [0.15, 0.2) is 17.2 Å². The molecule has 17 rings (SSSR count). The molecule has 0 spiro atoms. The number of unbranched alkanes of at least 4 members (excludes halogenated alkanes) is 2. The van der Waals surface area contributed by atoms with Crippen molar-refractivity contribution in [3.63, 3.8) is 0 Å². The minimum Gasteiger partial charge on any atom is -0.462 e. The topological polar surface area (TPSA) is 310 Å². The number of nitrogens with one attached hydrogen (secondary N) is 1. The number of fused-ring (bicyclic) bond motifs is 4. The molecule has 1 amide bonds. The fourth-order valence-electron chi connectivity index (χ4n) is 16.0. The second-order valence-electron chi connectivity index (χ2n) is 31.4. The number of nitrogens with two attached hydrogens (primary N) is 1. The summed E-state index contributed by atoms with van der Waals surface area (Å²) in [5.74, 6) is -3.91. The van der Waals surface area contributed by atoms with Gasteiger partial charge in [0, 0.05) is 130 Å². The van der Waals surface area contributed by atoms with Gasteiger partial charge in [-0.3, -0.25) is 24.7 Å². The lowest BCUT2D eigenvalue weighted by atomic mass is 9.88. The van der Waals surface area contributed by atoms with E-state index in [1.165, 1.54) is 90.8 Å². The van der Waals surface area contributed by atoms with Crippen LogP contribution < -0.4 is 25.3 Å². The number of hydrogen-bond donors (Lipinski definition) is 2. The SMILES string of the molecule is CCCCCN.CCOC(=O)c1cnc2c3ccc(C(=O)Oc4c(Cl)cc(Cl)cc4Cl)c4c(CC)cnc(c5ccc(C(=O)N(CCc6ccccc6)Cc6ccc(C)cc6)c1c52)c43.CCOC(=O)c1cnc2c3ccc(C(=O)Oc4c(Cl)cc(Cl)cc4Cl)c4c(CC)cnc(c5ccc(C(=O)Oc6c(Cl)cc(Cl)cc6Cl)c1c52)c43.Cc1ccc(CNCCc2ccccc2)cc1.O=C=O.O=C=O. The van der Waals surface area contributed by atoms with Crippen molar-refractivity contribution in [2.75, 3.05) is 32.8 Å². The third-order valence-corrected chi connectivity index (χ3v) is 24.8. The zero-order valence-electron chi connectivity index (χ0n) is 75.5. The number of amides is 1. The fraction of sp³-hybridized carbons (Fsp3) is 0.196. The summed E-state index contributed by atoms with van der Waals surface area (Å²) < 4.78 is 28.2. The summed E-state index contributed by atoms with van der Waals surface area (Å²) in [6, 6.07) is 59.6. The Morgan fingerprint density at radius 3 is 1.05 bits per heavy atom. The molecule has 17 aromatic rings. The van der Waals surface area contributed by atoms with Crippen molar-refractivity contribution < 1.29 is 71.6 Å². The minimum absolute atomic E-state index is 0.00459. The summed E-state index contributed by atoms with van der Waals surface area (Å²) in [4.78, 5) is 138. The average molecular weight is 2030 g/mol. The van der Waals surface area contributed by atoms with E-state index < -0.39 is 29.8 Å². The number of ether oxygens (including phenoxy) is 5. The summed E-state index contributed by atoms with van der Waals surface area (Å²) in [5, 5.41) is 11.4. The molecule has 0 saturated heterocycles. The Hall–Kier alpha value is -12.8. The van der Waals surface area contributed by atoms with Crippen LogP contribution in [0.1, 0.15) is 161 Å². The number of nitrogens with zero attached hydrogens (tertiary/aromatic N) is 5. The Morgan fingerprint density at radius 2 is 0.703 bits per heavy atom. The molecule has 0 radical (unpaired) electrons. The lowest BCUT2D eigenvalue weighted by Crippen LogP contribution is -2.33. The summed E-state index contributed by atoms with van der Waals surface area (Å²) in [5.41, 5.74) is 17.1. The van der Waals surface area contributed by atoms with Crippen LogP contribution in [-0.4, -0.2) is 106 Å². The van der Waals surface area contributed by atoms with Gasteiger partial charge in [0.25, 0.3) is 5.91 Å². The molecule has 31 heteroatoms. The monoisotopic (exact) mass is 2030 g/mol. The summed E-state index contributed by atoms with van der Waals surface area (Å²) in [7, 11) is 0. The van der Waals surface area contributed by atoms with Crippen LogP contribution in [0.4, 0.5) is 0 Å². The van der Waals surface area contributed by atoms with Crippen molar-refractivity contribution >= 4 is 239 Å². The van der Waals surface area contributed by atoms with E-state index in [-0.39, 0.29) is 122 Å². The van der Waals surface area contributed by atoms with Crippen molar-refractivity contribution in [1.82, 2.24) is 30.2 Å². The molecule has 0 saturated carbocycles. The Bertz CT molecular complexity index is 7330. The molecule has 4 heterocycles. The molecular formula is C107H88Cl9N7O15. The molecular weight excluding hydrogens is 1940 g/mol. The molecule has 0 bridgehead atoms. The number of benzene rings is 13. The van der Waals surface area contributed by atoms with Crippen LogP contribution in [-0.2, 0) is 67.4 Å². The normalized spacial score (nSPS) is 10.9. The number of halogens is 9. The van der Waals surface area contributed by atoms with E-state index >= 15 is 4.79 Å². The van der Waals surface area contributed by atoms with Gasteiger partial charge in [-0.2, -0.15) is 19.2 Å². The van der Waals surface area contributed by atoms with E-state index in [1.54, 1.807) is 62.6 Å². The lowest BCUT2D eigenvalue weighted by molar-refractivity contribution is -0.193. The number of hydrogen-bond acceptors (Lipinski definition) is 21. The van der Waals surface area contributed by atoms with Crippen LogP contribution in [0, 0.1) is 13.8 Å². The number of carbonyl (C=O) groups excluding carboxylic acids is 10. The Balaban J connectivity index is 0.000000193. The van der Waals surface area contributed by atoms with Gasteiger partial charge in [0.1, 0.15) is 0 Å². The van der Waals surface area contributed by atoms with Crippen LogP contribution in [0.15, 0.2) is 219 Å². The van der Waals surface area contributed by atoms with Gasteiger partial charge < -0.3 is 39.6 Å². The largest absolute Gasteiger partial charge is 0.462 e. The van der Waals surface area contributed by atoms with E-state index in [0.29, 0.717) is 124 Å². The predicted octanol–water partition coefficient (Wildman–Crippen LogP) is 26.6.